The van der Waals surface area contributed by atoms with Crippen LogP contribution in [0.15, 0.2) is 64.4 Å². The Labute approximate surface area is 152 Å². The third kappa shape index (κ3) is 3.10. The molecule has 0 aliphatic heterocycles. The second kappa shape index (κ2) is 6.86. The van der Waals surface area contributed by atoms with Gasteiger partial charge in [0.2, 0.25) is 0 Å². The Morgan fingerprint density at radius 2 is 1.96 bits per heavy atom. The van der Waals surface area contributed by atoms with Gasteiger partial charge in [-0.3, -0.25) is 4.79 Å². The van der Waals surface area contributed by atoms with Crippen molar-refractivity contribution in [2.75, 3.05) is 5.75 Å². The molecule has 0 fully saturated rings. The van der Waals surface area contributed by atoms with Crippen molar-refractivity contribution in [1.29, 1.82) is 5.26 Å². The number of H-pyrrole nitrogens is 1. The SMILES string of the molecule is N#Cc1ccc(C(=O)CSc2nnc(-c3c[nH]c4ccccc34)o2)cc1. The number of thioether (sulfide) groups is 1. The van der Waals surface area contributed by atoms with E-state index in [4.69, 9.17) is 9.68 Å². The van der Waals surface area contributed by atoms with Gasteiger partial charge in [0, 0.05) is 22.7 Å². The fraction of sp³-hybridized carbons (Fsp3) is 0.0526. The van der Waals surface area contributed by atoms with Gasteiger partial charge in [0.15, 0.2) is 5.78 Å². The first-order valence-electron chi connectivity index (χ1n) is 7.81. The Morgan fingerprint density at radius 3 is 2.77 bits per heavy atom. The number of nitrogens with zero attached hydrogens (tertiary/aromatic N) is 3. The van der Waals surface area contributed by atoms with E-state index in [9.17, 15) is 4.79 Å². The molecule has 0 spiro atoms. The topological polar surface area (TPSA) is 95.6 Å². The number of ketones is 1. The van der Waals surface area contributed by atoms with Crippen molar-refractivity contribution in [3.63, 3.8) is 0 Å². The summed E-state index contributed by atoms with van der Waals surface area (Å²) in [6.45, 7) is 0. The molecule has 0 atom stereocenters. The number of para-hydroxylation sites is 1. The van der Waals surface area contributed by atoms with Gasteiger partial charge >= 0.3 is 0 Å². The molecule has 4 rings (SSSR count). The summed E-state index contributed by atoms with van der Waals surface area (Å²) in [4.78, 5) is 15.4. The smallest absolute Gasteiger partial charge is 0.277 e. The number of rotatable bonds is 5. The van der Waals surface area contributed by atoms with Crippen LogP contribution in [-0.4, -0.2) is 26.7 Å². The van der Waals surface area contributed by atoms with E-state index in [1.807, 2.05) is 36.5 Å². The standard InChI is InChI=1S/C19H12N4O2S/c20-9-12-5-7-13(8-6-12)17(24)11-26-19-23-22-18(25-19)15-10-21-16-4-2-1-3-14(15)16/h1-8,10,21H,11H2. The van der Waals surface area contributed by atoms with Gasteiger partial charge in [-0.1, -0.05) is 42.1 Å². The first-order valence-corrected chi connectivity index (χ1v) is 8.79. The second-order valence-corrected chi connectivity index (χ2v) is 6.45. The number of aromatic amines is 1. The summed E-state index contributed by atoms with van der Waals surface area (Å²) in [5.74, 6) is 0.531. The van der Waals surface area contributed by atoms with E-state index in [0.717, 1.165) is 16.5 Å². The Kier molecular flexibility index (Phi) is 4.25. The molecule has 2 heterocycles. The second-order valence-electron chi connectivity index (χ2n) is 5.52. The highest BCUT2D eigenvalue weighted by molar-refractivity contribution is 7.99. The number of aromatic nitrogens is 3. The third-order valence-corrected chi connectivity index (χ3v) is 4.71. The van der Waals surface area contributed by atoms with Crippen LogP contribution < -0.4 is 0 Å². The molecule has 26 heavy (non-hydrogen) atoms. The van der Waals surface area contributed by atoms with Gasteiger partial charge in [0.25, 0.3) is 11.1 Å². The first-order chi connectivity index (χ1) is 12.7. The molecule has 0 radical (unpaired) electrons. The molecule has 4 aromatic rings. The predicted molar refractivity (Wildman–Crippen MR) is 97.8 cm³/mol. The average Bonchev–Trinajstić information content (AvgIpc) is 3.32. The van der Waals surface area contributed by atoms with Crippen molar-refractivity contribution in [3.8, 4) is 17.5 Å². The molecular weight excluding hydrogens is 348 g/mol. The molecule has 2 aromatic carbocycles. The molecule has 0 unspecified atom stereocenters. The summed E-state index contributed by atoms with van der Waals surface area (Å²) < 4.78 is 5.68. The Balaban J connectivity index is 1.47. The fourth-order valence-corrected chi connectivity index (χ4v) is 3.22. The van der Waals surface area contributed by atoms with Crippen molar-refractivity contribution in [2.24, 2.45) is 0 Å². The molecule has 0 amide bonds. The summed E-state index contributed by atoms with van der Waals surface area (Å²) >= 11 is 1.19. The maximum atomic E-state index is 12.2. The van der Waals surface area contributed by atoms with E-state index >= 15 is 0 Å². The van der Waals surface area contributed by atoms with Crippen LogP contribution in [0.5, 0.6) is 0 Å². The lowest BCUT2D eigenvalue weighted by atomic mass is 10.1. The predicted octanol–water partition coefficient (Wildman–Crippen LogP) is 4.06. The molecule has 0 aliphatic rings. The Hall–Kier alpha value is -3.37. The largest absolute Gasteiger partial charge is 0.411 e. The van der Waals surface area contributed by atoms with Crippen molar-refractivity contribution in [2.45, 2.75) is 5.22 Å². The van der Waals surface area contributed by atoms with Gasteiger partial charge in [0.05, 0.1) is 22.9 Å². The van der Waals surface area contributed by atoms with E-state index in [-0.39, 0.29) is 11.5 Å². The summed E-state index contributed by atoms with van der Waals surface area (Å²) in [6, 6.07) is 16.4. The minimum absolute atomic E-state index is 0.0636. The molecule has 6 nitrogen and oxygen atoms in total. The van der Waals surface area contributed by atoms with Gasteiger partial charge in [-0.2, -0.15) is 5.26 Å². The quantitative estimate of drug-likeness (QED) is 0.426. The van der Waals surface area contributed by atoms with Crippen molar-refractivity contribution in [1.82, 2.24) is 15.2 Å². The van der Waals surface area contributed by atoms with Crippen LogP contribution in [0.4, 0.5) is 0 Å². The maximum Gasteiger partial charge on any atom is 0.277 e. The summed E-state index contributed by atoms with van der Waals surface area (Å²) in [7, 11) is 0. The van der Waals surface area contributed by atoms with Crippen LogP contribution in [0.2, 0.25) is 0 Å². The lowest BCUT2D eigenvalue weighted by Gasteiger charge is -1.98. The lowest BCUT2D eigenvalue weighted by Crippen LogP contribution is -2.02. The van der Waals surface area contributed by atoms with Crippen molar-refractivity contribution < 1.29 is 9.21 Å². The minimum atomic E-state index is -0.0636. The number of nitriles is 1. The molecule has 0 saturated carbocycles. The average molecular weight is 360 g/mol. The van der Waals surface area contributed by atoms with Crippen LogP contribution in [0.25, 0.3) is 22.4 Å². The van der Waals surface area contributed by atoms with Gasteiger partial charge < -0.3 is 9.40 Å². The monoisotopic (exact) mass is 360 g/mol. The maximum absolute atomic E-state index is 12.2. The number of fused-ring (bicyclic) bond motifs is 1. The third-order valence-electron chi connectivity index (χ3n) is 3.89. The number of hydrogen-bond acceptors (Lipinski definition) is 6. The number of carbonyl (C=O) groups is 1. The van der Waals surface area contributed by atoms with Crippen LogP contribution in [0.3, 0.4) is 0 Å². The molecule has 0 bridgehead atoms. The molecule has 126 valence electrons. The van der Waals surface area contributed by atoms with Gasteiger partial charge in [-0.15, -0.1) is 10.2 Å². The van der Waals surface area contributed by atoms with Gasteiger partial charge in [-0.05, 0) is 18.2 Å². The summed E-state index contributed by atoms with van der Waals surface area (Å²) in [5.41, 5.74) is 2.90. The Morgan fingerprint density at radius 1 is 1.15 bits per heavy atom. The summed E-state index contributed by atoms with van der Waals surface area (Å²) in [5, 5.41) is 18.2. The number of Topliss-reactive ketones (excluding diaryl/α,β-unsaturated/α-hetero) is 1. The molecule has 0 aliphatic carbocycles. The van der Waals surface area contributed by atoms with E-state index < -0.39 is 0 Å². The van der Waals surface area contributed by atoms with Crippen LogP contribution in [-0.2, 0) is 0 Å². The molecule has 0 saturated heterocycles. The summed E-state index contributed by atoms with van der Waals surface area (Å²) in [6.07, 6.45) is 1.83. The molecular formula is C19H12N4O2S. The highest BCUT2D eigenvalue weighted by Gasteiger charge is 2.15. The van der Waals surface area contributed by atoms with Crippen LogP contribution in [0.1, 0.15) is 15.9 Å². The molecule has 2 aromatic heterocycles. The zero-order valence-corrected chi connectivity index (χ0v) is 14.3. The van der Waals surface area contributed by atoms with Gasteiger partial charge in [0.1, 0.15) is 0 Å². The highest BCUT2D eigenvalue weighted by Crippen LogP contribution is 2.29. The normalized spacial score (nSPS) is 10.7. The number of hydrogen-bond donors (Lipinski definition) is 1. The number of benzene rings is 2. The van der Waals surface area contributed by atoms with E-state index in [1.54, 1.807) is 24.3 Å². The lowest BCUT2D eigenvalue weighted by molar-refractivity contribution is 0.102. The number of carbonyl (C=O) groups excluding carboxylic acids is 1. The fourth-order valence-electron chi connectivity index (χ4n) is 2.57. The van der Waals surface area contributed by atoms with Gasteiger partial charge in [-0.25, -0.2) is 0 Å². The van der Waals surface area contributed by atoms with E-state index in [1.165, 1.54) is 11.8 Å². The van der Waals surface area contributed by atoms with E-state index in [0.29, 0.717) is 22.2 Å². The Bertz CT molecular complexity index is 1120. The zero-order valence-electron chi connectivity index (χ0n) is 13.5. The van der Waals surface area contributed by atoms with Crippen LogP contribution in [0, 0.1) is 11.3 Å². The molecule has 1 N–H and O–H groups in total. The number of nitrogens with one attached hydrogen (secondary N) is 1. The van der Waals surface area contributed by atoms with Crippen LogP contribution >= 0.6 is 11.8 Å². The highest BCUT2D eigenvalue weighted by atomic mass is 32.2. The van der Waals surface area contributed by atoms with Crippen molar-refractivity contribution >= 4 is 28.4 Å². The molecule has 7 heteroatoms. The minimum Gasteiger partial charge on any atom is -0.411 e. The van der Waals surface area contributed by atoms with E-state index in [2.05, 4.69) is 15.2 Å². The zero-order chi connectivity index (χ0) is 17.9. The first kappa shape index (κ1) is 16.1. The van der Waals surface area contributed by atoms with Crippen molar-refractivity contribution in [3.05, 3.63) is 65.9 Å².